The molecule has 4 aromatic rings. The van der Waals surface area contributed by atoms with E-state index in [-0.39, 0.29) is 11.8 Å². The molecule has 0 saturated carbocycles. The highest BCUT2D eigenvalue weighted by Crippen LogP contribution is 2.37. The summed E-state index contributed by atoms with van der Waals surface area (Å²) in [5.41, 5.74) is 4.45. The lowest BCUT2D eigenvalue weighted by atomic mass is 10.1. The molecule has 4 rings (SSSR count). The molecular formula is C29H26N2O2S. The average molecular weight is 467 g/mol. The molecule has 0 aliphatic carbocycles. The predicted octanol–water partition coefficient (Wildman–Crippen LogP) is 6.65. The zero-order chi connectivity index (χ0) is 23.8. The monoisotopic (exact) mass is 466 g/mol. The number of thioether (sulfide) groups is 1. The average Bonchev–Trinajstić information content (AvgIpc) is 2.86. The van der Waals surface area contributed by atoms with E-state index in [1.807, 2.05) is 116 Å². The summed E-state index contributed by atoms with van der Waals surface area (Å²) in [7, 11) is 0. The number of carbonyl (C=O) groups excluding carboxylic acids is 2. The van der Waals surface area contributed by atoms with Crippen LogP contribution in [0.5, 0.6) is 0 Å². The van der Waals surface area contributed by atoms with E-state index in [0.717, 1.165) is 33.0 Å². The van der Waals surface area contributed by atoms with E-state index < -0.39 is 5.25 Å². The van der Waals surface area contributed by atoms with Crippen molar-refractivity contribution in [2.24, 2.45) is 0 Å². The third-order valence-electron chi connectivity index (χ3n) is 5.34. The minimum Gasteiger partial charge on any atom is -0.326 e. The molecule has 0 saturated heterocycles. The molecule has 2 N–H and O–H groups in total. The standard InChI is InChI=1S/C29H26N2O2S/c1-21-10-8-9-15-26(21)31-29(33)28(23-13-6-3-7-14-23)34-25-18-16-24(17-19-25)30-27(32)20-22-11-4-2-5-12-22/h2-19,28H,20H2,1H3,(H,30,32)(H,31,33). The highest BCUT2D eigenvalue weighted by atomic mass is 32.2. The lowest BCUT2D eigenvalue weighted by Crippen LogP contribution is -2.19. The quantitative estimate of drug-likeness (QED) is 0.286. The molecule has 2 amide bonds. The van der Waals surface area contributed by atoms with Gasteiger partial charge in [-0.05, 0) is 53.9 Å². The number of para-hydroxylation sites is 1. The zero-order valence-corrected chi connectivity index (χ0v) is 19.7. The number of benzene rings is 4. The number of carbonyl (C=O) groups is 2. The van der Waals surface area contributed by atoms with Gasteiger partial charge in [-0.25, -0.2) is 0 Å². The fourth-order valence-electron chi connectivity index (χ4n) is 3.55. The van der Waals surface area contributed by atoms with Crippen molar-refractivity contribution in [2.45, 2.75) is 23.5 Å². The number of rotatable bonds is 8. The Morgan fingerprint density at radius 3 is 2.03 bits per heavy atom. The van der Waals surface area contributed by atoms with Crippen molar-refractivity contribution < 1.29 is 9.59 Å². The van der Waals surface area contributed by atoms with Gasteiger partial charge in [-0.3, -0.25) is 9.59 Å². The number of hydrogen-bond acceptors (Lipinski definition) is 3. The van der Waals surface area contributed by atoms with Crippen LogP contribution in [0.1, 0.15) is 21.9 Å². The van der Waals surface area contributed by atoms with Crippen LogP contribution in [-0.4, -0.2) is 11.8 Å². The van der Waals surface area contributed by atoms with Crippen LogP contribution >= 0.6 is 11.8 Å². The molecule has 34 heavy (non-hydrogen) atoms. The maximum atomic E-state index is 13.3. The van der Waals surface area contributed by atoms with E-state index in [2.05, 4.69) is 10.6 Å². The van der Waals surface area contributed by atoms with Crippen LogP contribution in [0.4, 0.5) is 11.4 Å². The predicted molar refractivity (Wildman–Crippen MR) is 140 cm³/mol. The van der Waals surface area contributed by atoms with Gasteiger partial charge in [-0.2, -0.15) is 0 Å². The summed E-state index contributed by atoms with van der Waals surface area (Å²) in [6, 6.07) is 34.8. The SMILES string of the molecule is Cc1ccccc1NC(=O)C(Sc1ccc(NC(=O)Cc2ccccc2)cc1)c1ccccc1. The molecule has 0 aliphatic rings. The second-order valence-corrected chi connectivity index (χ2v) is 9.13. The summed E-state index contributed by atoms with van der Waals surface area (Å²) in [6.07, 6.45) is 0.326. The van der Waals surface area contributed by atoms with Gasteiger partial charge in [0, 0.05) is 16.3 Å². The van der Waals surface area contributed by atoms with Crippen molar-refractivity contribution in [3.05, 3.63) is 126 Å². The molecule has 0 radical (unpaired) electrons. The van der Waals surface area contributed by atoms with Gasteiger partial charge < -0.3 is 10.6 Å². The fraction of sp³-hybridized carbons (Fsp3) is 0.103. The number of amides is 2. The Hall–Kier alpha value is -3.83. The Balaban J connectivity index is 1.45. The molecule has 4 nitrogen and oxygen atoms in total. The van der Waals surface area contributed by atoms with Crippen molar-refractivity contribution in [1.82, 2.24) is 0 Å². The molecule has 0 aromatic heterocycles. The molecule has 170 valence electrons. The molecule has 1 unspecified atom stereocenters. The summed E-state index contributed by atoms with van der Waals surface area (Å²) in [5.74, 6) is -0.142. The fourth-order valence-corrected chi connectivity index (χ4v) is 4.58. The summed E-state index contributed by atoms with van der Waals surface area (Å²) < 4.78 is 0. The third kappa shape index (κ3) is 6.36. The van der Waals surface area contributed by atoms with Crippen LogP contribution in [-0.2, 0) is 16.0 Å². The van der Waals surface area contributed by atoms with E-state index in [1.54, 1.807) is 0 Å². The van der Waals surface area contributed by atoms with Crippen LogP contribution in [0.15, 0.2) is 114 Å². The van der Waals surface area contributed by atoms with Crippen LogP contribution < -0.4 is 10.6 Å². The first kappa shape index (κ1) is 23.3. The molecule has 5 heteroatoms. The van der Waals surface area contributed by atoms with Gasteiger partial charge in [0.15, 0.2) is 0 Å². The van der Waals surface area contributed by atoms with Gasteiger partial charge in [0.2, 0.25) is 11.8 Å². The highest BCUT2D eigenvalue weighted by molar-refractivity contribution is 8.00. The maximum Gasteiger partial charge on any atom is 0.242 e. The molecule has 0 bridgehead atoms. The minimum absolute atomic E-state index is 0.0635. The lowest BCUT2D eigenvalue weighted by Gasteiger charge is -2.18. The molecule has 0 spiro atoms. The second-order valence-electron chi connectivity index (χ2n) is 7.95. The second kappa shape index (κ2) is 11.3. The maximum absolute atomic E-state index is 13.3. The van der Waals surface area contributed by atoms with Crippen LogP contribution in [0.25, 0.3) is 0 Å². The van der Waals surface area contributed by atoms with Crippen LogP contribution in [0.2, 0.25) is 0 Å². The third-order valence-corrected chi connectivity index (χ3v) is 6.61. The topological polar surface area (TPSA) is 58.2 Å². The molecule has 1 atom stereocenters. The molecule has 0 heterocycles. The Labute approximate surface area is 204 Å². The Morgan fingerprint density at radius 2 is 1.35 bits per heavy atom. The first-order chi connectivity index (χ1) is 16.6. The van der Waals surface area contributed by atoms with E-state index in [9.17, 15) is 9.59 Å². The van der Waals surface area contributed by atoms with E-state index in [1.165, 1.54) is 11.8 Å². The first-order valence-corrected chi connectivity index (χ1v) is 12.0. The van der Waals surface area contributed by atoms with Crippen LogP contribution in [0, 0.1) is 6.92 Å². The van der Waals surface area contributed by atoms with Crippen molar-refractivity contribution in [2.75, 3.05) is 10.6 Å². The molecular weight excluding hydrogens is 440 g/mol. The Morgan fingerprint density at radius 1 is 0.735 bits per heavy atom. The number of aryl methyl sites for hydroxylation is 1. The lowest BCUT2D eigenvalue weighted by molar-refractivity contribution is -0.116. The van der Waals surface area contributed by atoms with Crippen molar-refractivity contribution >= 4 is 35.0 Å². The summed E-state index contributed by atoms with van der Waals surface area (Å²) in [6.45, 7) is 1.98. The molecule has 0 aliphatic heterocycles. The van der Waals surface area contributed by atoms with Crippen molar-refractivity contribution in [1.29, 1.82) is 0 Å². The Bertz CT molecular complexity index is 1240. The summed E-state index contributed by atoms with van der Waals surface area (Å²) in [5, 5.41) is 5.59. The van der Waals surface area contributed by atoms with Gasteiger partial charge in [0.25, 0.3) is 0 Å². The van der Waals surface area contributed by atoms with E-state index >= 15 is 0 Å². The van der Waals surface area contributed by atoms with Gasteiger partial charge in [-0.15, -0.1) is 11.8 Å². The zero-order valence-electron chi connectivity index (χ0n) is 18.9. The molecule has 4 aromatic carbocycles. The van der Waals surface area contributed by atoms with Crippen molar-refractivity contribution in [3.8, 4) is 0 Å². The van der Waals surface area contributed by atoms with Gasteiger partial charge in [0.1, 0.15) is 5.25 Å². The molecule has 0 fully saturated rings. The largest absolute Gasteiger partial charge is 0.326 e. The Kier molecular flexibility index (Phi) is 7.79. The van der Waals surface area contributed by atoms with Crippen LogP contribution in [0.3, 0.4) is 0 Å². The van der Waals surface area contributed by atoms with Crippen molar-refractivity contribution in [3.63, 3.8) is 0 Å². The van der Waals surface area contributed by atoms with Gasteiger partial charge >= 0.3 is 0 Å². The summed E-state index contributed by atoms with van der Waals surface area (Å²) >= 11 is 1.48. The van der Waals surface area contributed by atoms with Gasteiger partial charge in [-0.1, -0.05) is 78.9 Å². The number of anilines is 2. The van der Waals surface area contributed by atoms with E-state index in [4.69, 9.17) is 0 Å². The normalized spacial score (nSPS) is 11.4. The minimum atomic E-state index is -0.417. The number of hydrogen-bond donors (Lipinski definition) is 2. The van der Waals surface area contributed by atoms with Gasteiger partial charge in [0.05, 0.1) is 6.42 Å². The number of nitrogens with one attached hydrogen (secondary N) is 2. The van der Waals surface area contributed by atoms with E-state index in [0.29, 0.717) is 6.42 Å². The highest BCUT2D eigenvalue weighted by Gasteiger charge is 2.22. The summed E-state index contributed by atoms with van der Waals surface area (Å²) in [4.78, 5) is 26.6. The smallest absolute Gasteiger partial charge is 0.242 e. The first-order valence-electron chi connectivity index (χ1n) is 11.1.